The smallest absolute Gasteiger partial charge is 0.163 e. The molecule has 0 aliphatic rings. The van der Waals surface area contributed by atoms with Crippen LogP contribution in [0, 0.1) is 0 Å². The summed E-state index contributed by atoms with van der Waals surface area (Å²) in [5.74, 6) is 0.179. The predicted octanol–water partition coefficient (Wildman–Crippen LogP) is 2.90. The van der Waals surface area contributed by atoms with E-state index in [1.807, 2.05) is 43.3 Å². The van der Waals surface area contributed by atoms with Crippen LogP contribution in [0.1, 0.15) is 23.2 Å². The van der Waals surface area contributed by atoms with Crippen molar-refractivity contribution in [1.82, 2.24) is 0 Å². The second-order valence-corrected chi connectivity index (χ2v) is 3.70. The highest BCUT2D eigenvalue weighted by atomic mass is 16.1. The van der Waals surface area contributed by atoms with E-state index >= 15 is 0 Å². The number of carbonyl (C=O) groups excluding carboxylic acids is 1. The second-order valence-electron chi connectivity index (χ2n) is 3.70. The predicted molar refractivity (Wildman–Crippen MR) is 64.5 cm³/mol. The number of hydrogen-bond acceptors (Lipinski definition) is 2. The molecule has 1 aromatic carbocycles. The maximum Gasteiger partial charge on any atom is 0.163 e. The van der Waals surface area contributed by atoms with E-state index in [2.05, 4.69) is 6.58 Å². The molecule has 0 aliphatic carbocycles. The minimum atomic E-state index is 0.179. The minimum absolute atomic E-state index is 0.179. The van der Waals surface area contributed by atoms with Crippen molar-refractivity contribution >= 4 is 11.5 Å². The number of carbonyl (C=O) groups is 1. The average Bonchev–Trinajstić information content (AvgIpc) is 2.26. The van der Waals surface area contributed by atoms with E-state index < -0.39 is 0 Å². The van der Waals surface area contributed by atoms with Crippen LogP contribution in [0.3, 0.4) is 0 Å². The van der Waals surface area contributed by atoms with Gasteiger partial charge in [0.05, 0.1) is 0 Å². The highest BCUT2D eigenvalue weighted by Gasteiger charge is 2.05. The van der Waals surface area contributed by atoms with E-state index in [0.717, 1.165) is 17.7 Å². The van der Waals surface area contributed by atoms with Crippen LogP contribution >= 0.6 is 0 Å². The standard InChI is InChI=1S/C13H17NO/c1-4-5-9-13(15)11-7-6-8-12(10-11)14(2)3/h4,6-8,10H,1,5,9H2,2-3H3. The van der Waals surface area contributed by atoms with Crippen molar-refractivity contribution in [3.63, 3.8) is 0 Å². The number of ketones is 1. The monoisotopic (exact) mass is 203 g/mol. The van der Waals surface area contributed by atoms with Gasteiger partial charge in [-0.1, -0.05) is 18.2 Å². The van der Waals surface area contributed by atoms with Crippen molar-refractivity contribution in [2.45, 2.75) is 12.8 Å². The molecule has 2 heteroatoms. The molecule has 0 bridgehead atoms. The fourth-order valence-corrected chi connectivity index (χ4v) is 1.34. The molecule has 15 heavy (non-hydrogen) atoms. The largest absolute Gasteiger partial charge is 0.378 e. The number of nitrogens with zero attached hydrogens (tertiary/aromatic N) is 1. The summed E-state index contributed by atoms with van der Waals surface area (Å²) in [6.07, 6.45) is 3.05. The summed E-state index contributed by atoms with van der Waals surface area (Å²) in [5, 5.41) is 0. The van der Waals surface area contributed by atoms with E-state index in [1.165, 1.54) is 0 Å². The molecule has 0 saturated heterocycles. The fourth-order valence-electron chi connectivity index (χ4n) is 1.34. The maximum absolute atomic E-state index is 11.7. The summed E-state index contributed by atoms with van der Waals surface area (Å²) >= 11 is 0. The number of benzene rings is 1. The van der Waals surface area contributed by atoms with Crippen LogP contribution in [0.25, 0.3) is 0 Å². The number of anilines is 1. The molecule has 0 aliphatic heterocycles. The molecular weight excluding hydrogens is 186 g/mol. The Labute approximate surface area is 91.2 Å². The molecule has 0 spiro atoms. The molecule has 0 unspecified atom stereocenters. The molecule has 0 atom stereocenters. The Morgan fingerprint density at radius 3 is 2.80 bits per heavy atom. The van der Waals surface area contributed by atoms with Gasteiger partial charge < -0.3 is 4.90 Å². The van der Waals surface area contributed by atoms with Gasteiger partial charge in [-0.25, -0.2) is 0 Å². The van der Waals surface area contributed by atoms with E-state index in [1.54, 1.807) is 6.08 Å². The second kappa shape index (κ2) is 5.35. The molecule has 0 amide bonds. The highest BCUT2D eigenvalue weighted by molar-refractivity contribution is 5.96. The van der Waals surface area contributed by atoms with Crippen LogP contribution in [0.4, 0.5) is 5.69 Å². The summed E-state index contributed by atoms with van der Waals surface area (Å²) in [5.41, 5.74) is 1.84. The lowest BCUT2D eigenvalue weighted by molar-refractivity contribution is 0.0984. The van der Waals surface area contributed by atoms with Gasteiger partial charge in [-0.3, -0.25) is 4.79 Å². The Kier molecular flexibility index (Phi) is 4.10. The Bertz CT molecular complexity index is 355. The summed E-state index contributed by atoms with van der Waals surface area (Å²) in [6.45, 7) is 3.61. The Morgan fingerprint density at radius 2 is 2.20 bits per heavy atom. The summed E-state index contributed by atoms with van der Waals surface area (Å²) in [7, 11) is 3.93. The molecule has 0 radical (unpaired) electrons. The van der Waals surface area contributed by atoms with E-state index in [-0.39, 0.29) is 5.78 Å². The molecule has 0 fully saturated rings. The minimum Gasteiger partial charge on any atom is -0.378 e. The normalized spacial score (nSPS) is 9.73. The first-order valence-electron chi connectivity index (χ1n) is 5.06. The highest BCUT2D eigenvalue weighted by Crippen LogP contribution is 2.15. The molecular formula is C13H17NO. The van der Waals surface area contributed by atoms with E-state index in [9.17, 15) is 4.79 Å². The van der Waals surface area contributed by atoms with Crippen LogP contribution in [-0.2, 0) is 0 Å². The molecule has 0 heterocycles. The number of rotatable bonds is 5. The summed E-state index contributed by atoms with van der Waals surface area (Å²) in [6, 6.07) is 7.69. The fraction of sp³-hybridized carbons (Fsp3) is 0.308. The Morgan fingerprint density at radius 1 is 1.47 bits per heavy atom. The van der Waals surface area contributed by atoms with Crippen LogP contribution in [-0.4, -0.2) is 19.9 Å². The number of Topliss-reactive ketones (excluding diaryl/α,β-unsaturated/α-hetero) is 1. The third-order valence-electron chi connectivity index (χ3n) is 2.26. The molecule has 1 aromatic rings. The molecule has 1 rings (SSSR count). The van der Waals surface area contributed by atoms with Crippen LogP contribution < -0.4 is 4.90 Å². The van der Waals surface area contributed by atoms with Crippen molar-refractivity contribution in [1.29, 1.82) is 0 Å². The van der Waals surface area contributed by atoms with Crippen molar-refractivity contribution in [2.75, 3.05) is 19.0 Å². The lowest BCUT2D eigenvalue weighted by atomic mass is 10.1. The van der Waals surface area contributed by atoms with Crippen molar-refractivity contribution in [3.05, 3.63) is 42.5 Å². The van der Waals surface area contributed by atoms with Crippen LogP contribution in [0.15, 0.2) is 36.9 Å². The third kappa shape index (κ3) is 3.24. The van der Waals surface area contributed by atoms with Gasteiger partial charge >= 0.3 is 0 Å². The molecule has 80 valence electrons. The Hall–Kier alpha value is -1.57. The van der Waals surface area contributed by atoms with E-state index in [0.29, 0.717) is 6.42 Å². The lowest BCUT2D eigenvalue weighted by Gasteiger charge is -2.12. The first-order chi connectivity index (χ1) is 7.15. The van der Waals surface area contributed by atoms with Gasteiger partial charge in [0.2, 0.25) is 0 Å². The van der Waals surface area contributed by atoms with Gasteiger partial charge in [-0.2, -0.15) is 0 Å². The molecule has 2 nitrogen and oxygen atoms in total. The van der Waals surface area contributed by atoms with Gasteiger partial charge in [0.15, 0.2) is 5.78 Å². The van der Waals surface area contributed by atoms with Crippen molar-refractivity contribution < 1.29 is 4.79 Å². The first-order valence-corrected chi connectivity index (χ1v) is 5.06. The zero-order valence-corrected chi connectivity index (χ0v) is 9.36. The summed E-state index contributed by atoms with van der Waals surface area (Å²) < 4.78 is 0. The van der Waals surface area contributed by atoms with Crippen molar-refractivity contribution in [2.24, 2.45) is 0 Å². The molecule has 0 saturated carbocycles. The van der Waals surface area contributed by atoms with Crippen LogP contribution in [0.2, 0.25) is 0 Å². The SMILES string of the molecule is C=CCCC(=O)c1cccc(N(C)C)c1. The topological polar surface area (TPSA) is 20.3 Å². The average molecular weight is 203 g/mol. The quantitative estimate of drug-likeness (QED) is 0.541. The van der Waals surface area contributed by atoms with Gasteiger partial charge in [0.1, 0.15) is 0 Å². The van der Waals surface area contributed by atoms with Crippen LogP contribution in [0.5, 0.6) is 0 Å². The first kappa shape index (κ1) is 11.5. The molecule has 0 aromatic heterocycles. The van der Waals surface area contributed by atoms with Gasteiger partial charge in [-0.15, -0.1) is 6.58 Å². The van der Waals surface area contributed by atoms with Gasteiger partial charge in [0, 0.05) is 31.8 Å². The van der Waals surface area contributed by atoms with Crippen molar-refractivity contribution in [3.8, 4) is 0 Å². The van der Waals surface area contributed by atoms with Gasteiger partial charge in [0.25, 0.3) is 0 Å². The third-order valence-corrected chi connectivity index (χ3v) is 2.26. The maximum atomic E-state index is 11.7. The summed E-state index contributed by atoms with van der Waals surface area (Å²) in [4.78, 5) is 13.7. The molecule has 0 N–H and O–H groups in total. The Balaban J connectivity index is 2.80. The zero-order chi connectivity index (χ0) is 11.3. The van der Waals surface area contributed by atoms with E-state index in [4.69, 9.17) is 0 Å². The zero-order valence-electron chi connectivity index (χ0n) is 9.36. The number of hydrogen-bond donors (Lipinski definition) is 0. The lowest BCUT2D eigenvalue weighted by Crippen LogP contribution is -2.09. The van der Waals surface area contributed by atoms with Gasteiger partial charge in [-0.05, 0) is 18.6 Å². The number of allylic oxidation sites excluding steroid dienone is 1.